The maximum atomic E-state index is 13.9. The Labute approximate surface area is 302 Å². The zero-order valence-electron chi connectivity index (χ0n) is 30.2. The number of likely N-dealkylation sites (tertiary alicyclic amines) is 2. The number of aryl methyl sites for hydroxylation is 2. The highest BCUT2D eigenvalue weighted by Gasteiger charge is 2.42. The lowest BCUT2D eigenvalue weighted by atomic mass is 9.86. The number of ether oxygens (including phenoxy) is 2. The third-order valence-electron chi connectivity index (χ3n) is 11.4. The van der Waals surface area contributed by atoms with Crippen LogP contribution in [0.15, 0.2) is 36.5 Å². The largest absolute Gasteiger partial charge is 0.488 e. The van der Waals surface area contributed by atoms with Gasteiger partial charge in [0.15, 0.2) is 0 Å². The fourth-order valence-electron chi connectivity index (χ4n) is 8.64. The Morgan fingerprint density at radius 1 is 0.923 bits per heavy atom. The number of nitrogens with one attached hydrogen (secondary N) is 3. The average molecular weight is 708 g/mol. The quantitative estimate of drug-likeness (QED) is 0.171. The Balaban J connectivity index is 1.05. The van der Waals surface area contributed by atoms with Crippen molar-refractivity contribution in [3.8, 4) is 39.4 Å². The first kappa shape index (κ1) is 33.8. The molecule has 4 aliphatic rings. The highest BCUT2D eigenvalue weighted by molar-refractivity contribution is 5.87. The van der Waals surface area contributed by atoms with E-state index in [0.29, 0.717) is 12.4 Å². The lowest BCUT2D eigenvalue weighted by Crippen LogP contribution is -2.52. The summed E-state index contributed by atoms with van der Waals surface area (Å²) in [5.41, 5.74) is 9.26. The summed E-state index contributed by atoms with van der Waals surface area (Å²) in [7, 11) is 1.30. The van der Waals surface area contributed by atoms with Crippen molar-refractivity contribution >= 4 is 18.1 Å². The molecule has 0 saturated carbocycles. The van der Waals surface area contributed by atoms with Gasteiger partial charge in [0.1, 0.15) is 30.0 Å². The fraction of sp³-hybridized carbons (Fsp3) is 0.462. The van der Waals surface area contributed by atoms with Crippen LogP contribution in [-0.2, 0) is 29.0 Å². The first-order valence-corrected chi connectivity index (χ1v) is 18.3. The van der Waals surface area contributed by atoms with E-state index in [-0.39, 0.29) is 36.0 Å². The van der Waals surface area contributed by atoms with Gasteiger partial charge in [0.2, 0.25) is 5.91 Å². The number of aromatic amines is 2. The molecule has 2 aromatic heterocycles. The number of rotatable bonds is 6. The van der Waals surface area contributed by atoms with Gasteiger partial charge in [-0.3, -0.25) is 9.69 Å². The number of aromatic nitrogens is 4. The van der Waals surface area contributed by atoms with Crippen molar-refractivity contribution in [2.45, 2.75) is 103 Å². The monoisotopic (exact) mass is 707 g/mol. The minimum absolute atomic E-state index is 0.00217. The molecule has 0 radical (unpaired) electrons. The van der Waals surface area contributed by atoms with Gasteiger partial charge in [-0.25, -0.2) is 19.6 Å². The summed E-state index contributed by atoms with van der Waals surface area (Å²) >= 11 is 0. The number of carboxylic acid groups (broad SMARTS) is 1. The van der Waals surface area contributed by atoms with E-state index in [1.165, 1.54) is 17.6 Å². The van der Waals surface area contributed by atoms with Gasteiger partial charge >= 0.3 is 12.2 Å². The number of nitrogens with zero attached hydrogens (tertiary/aromatic N) is 4. The number of fused-ring (bicyclic) bond motifs is 6. The molecule has 2 saturated heterocycles. The average Bonchev–Trinajstić information content (AvgIpc) is 3.94. The number of hydrogen-bond donors (Lipinski definition) is 4. The van der Waals surface area contributed by atoms with E-state index in [4.69, 9.17) is 14.5 Å². The van der Waals surface area contributed by atoms with Crippen molar-refractivity contribution in [2.75, 3.05) is 7.11 Å². The number of imidazole rings is 2. The third kappa shape index (κ3) is 5.66. The molecule has 8 rings (SSSR count). The van der Waals surface area contributed by atoms with E-state index in [2.05, 4.69) is 50.6 Å². The van der Waals surface area contributed by atoms with Gasteiger partial charge in [-0.15, -0.1) is 0 Å². The van der Waals surface area contributed by atoms with Crippen LogP contribution in [-0.4, -0.2) is 78.2 Å². The number of benzene rings is 2. The second-order valence-electron chi connectivity index (χ2n) is 15.0. The Hall–Kier alpha value is -5.33. The minimum atomic E-state index is -0.920. The third-order valence-corrected chi connectivity index (χ3v) is 11.4. The lowest BCUT2D eigenvalue weighted by molar-refractivity contribution is -0.137. The van der Waals surface area contributed by atoms with Crippen LogP contribution in [0, 0.1) is 5.92 Å². The summed E-state index contributed by atoms with van der Waals surface area (Å²) in [6.45, 7) is 8.23. The van der Waals surface area contributed by atoms with Gasteiger partial charge in [0, 0.05) is 28.9 Å². The molecule has 4 N–H and O–H groups in total. The molecule has 13 nitrogen and oxygen atoms in total. The van der Waals surface area contributed by atoms with Crippen LogP contribution in [0.4, 0.5) is 9.59 Å². The number of alkyl carbamates (subject to hydrolysis) is 1. The second kappa shape index (κ2) is 13.0. The molecule has 272 valence electrons. The van der Waals surface area contributed by atoms with E-state index in [0.717, 1.165) is 95.0 Å². The normalized spacial score (nSPS) is 22.3. The van der Waals surface area contributed by atoms with Crippen LogP contribution < -0.4 is 10.1 Å². The maximum absolute atomic E-state index is 13.9. The summed E-state index contributed by atoms with van der Waals surface area (Å²) in [6, 6.07) is 9.43. The molecule has 0 bridgehead atoms. The number of amides is 3. The Bertz CT molecular complexity index is 2070. The van der Waals surface area contributed by atoms with Crippen molar-refractivity contribution in [3.63, 3.8) is 0 Å². The number of carbonyl (C=O) groups is 3. The van der Waals surface area contributed by atoms with Crippen molar-refractivity contribution in [2.24, 2.45) is 5.92 Å². The molecule has 4 aromatic rings. The molecule has 0 unspecified atom stereocenters. The first-order chi connectivity index (χ1) is 25.0. The summed E-state index contributed by atoms with van der Waals surface area (Å²) < 4.78 is 11.2. The molecule has 2 aromatic carbocycles. The van der Waals surface area contributed by atoms with Crippen molar-refractivity contribution in [1.29, 1.82) is 0 Å². The van der Waals surface area contributed by atoms with Crippen LogP contribution in [0.5, 0.6) is 5.75 Å². The molecule has 2 fully saturated rings. The molecule has 1 aliphatic carbocycles. The van der Waals surface area contributed by atoms with Crippen molar-refractivity contribution in [1.82, 2.24) is 35.1 Å². The summed E-state index contributed by atoms with van der Waals surface area (Å²) in [5, 5.41) is 12.5. The predicted octanol–water partition coefficient (Wildman–Crippen LogP) is 6.76. The van der Waals surface area contributed by atoms with E-state index >= 15 is 0 Å². The van der Waals surface area contributed by atoms with Gasteiger partial charge in [-0.1, -0.05) is 26.0 Å². The van der Waals surface area contributed by atoms with Crippen molar-refractivity contribution < 1.29 is 29.0 Å². The van der Waals surface area contributed by atoms with Crippen LogP contribution >= 0.6 is 0 Å². The van der Waals surface area contributed by atoms with Gasteiger partial charge in [-0.05, 0) is 98.7 Å². The highest BCUT2D eigenvalue weighted by atomic mass is 16.5. The van der Waals surface area contributed by atoms with E-state index < -0.39 is 18.2 Å². The van der Waals surface area contributed by atoms with Gasteiger partial charge < -0.3 is 34.8 Å². The minimum Gasteiger partial charge on any atom is -0.488 e. The Morgan fingerprint density at radius 3 is 2.40 bits per heavy atom. The Kier molecular flexibility index (Phi) is 8.46. The number of carbonyl (C=O) groups excluding carboxylic acids is 2. The van der Waals surface area contributed by atoms with Gasteiger partial charge in [0.05, 0.1) is 36.8 Å². The van der Waals surface area contributed by atoms with Crippen LogP contribution in [0.2, 0.25) is 0 Å². The highest BCUT2D eigenvalue weighted by Crippen LogP contribution is 2.46. The molecule has 5 atom stereocenters. The fourth-order valence-corrected chi connectivity index (χ4v) is 8.64. The molecule has 0 spiro atoms. The molecule has 52 heavy (non-hydrogen) atoms. The van der Waals surface area contributed by atoms with Gasteiger partial charge in [0.25, 0.3) is 0 Å². The van der Waals surface area contributed by atoms with Crippen molar-refractivity contribution in [3.05, 3.63) is 65.0 Å². The van der Waals surface area contributed by atoms with E-state index in [9.17, 15) is 19.5 Å². The van der Waals surface area contributed by atoms with Crippen LogP contribution in [0.1, 0.15) is 93.9 Å². The zero-order valence-corrected chi connectivity index (χ0v) is 30.2. The maximum Gasteiger partial charge on any atom is 0.408 e. The summed E-state index contributed by atoms with van der Waals surface area (Å²) in [5.74, 6) is 2.01. The smallest absolute Gasteiger partial charge is 0.408 e. The predicted molar refractivity (Wildman–Crippen MR) is 193 cm³/mol. The standard InChI is InChI=1S/C39H45N7O6/c1-19(2)33(44-38(48)51-5)37(47)45-20(3)6-13-31(45)36-41-28-11-9-22-15-27-25-10-8-23(14-24(25)18-52-32(27)16-26(22)34(28)43-36)29-17-40-35(42-29)30-12-7-21(4)46(30)39(49)50/h8,10,14-17,19-21,30-31,33H,6-7,9,11-13,18H2,1-5H3,(H,40,42)(H,41,43)(H,44,48)(H,49,50)/t20-,21-,30-,31-,33-/m0/s1. The molecule has 3 amide bonds. The number of methoxy groups -OCH3 is 1. The second-order valence-corrected chi connectivity index (χ2v) is 15.0. The zero-order chi connectivity index (χ0) is 36.4. The molecule has 13 heteroatoms. The van der Waals surface area contributed by atoms with Gasteiger partial charge in [-0.2, -0.15) is 0 Å². The molecular formula is C39H45N7O6. The van der Waals surface area contributed by atoms with E-state index in [1.54, 1.807) is 6.20 Å². The molecular weight excluding hydrogens is 662 g/mol. The van der Waals surface area contributed by atoms with E-state index in [1.807, 2.05) is 32.6 Å². The lowest BCUT2D eigenvalue weighted by Gasteiger charge is -2.32. The van der Waals surface area contributed by atoms with Crippen LogP contribution in [0.25, 0.3) is 33.6 Å². The SMILES string of the molecule is COC(=O)N[C@H](C(=O)N1[C@@H](C)CC[C@H]1c1nc2c([nH]1)CCc1cc3c(cc1-2)OCc1cc(-c2cnc([C@@H]4CC[C@H](C)N4C(=O)O)[nH]2)ccc1-3)C(C)C. The molecule has 5 heterocycles. The summed E-state index contributed by atoms with van der Waals surface area (Å²) in [4.78, 5) is 58.0. The number of hydrogen-bond acceptors (Lipinski definition) is 7. The number of H-pyrrole nitrogens is 2. The van der Waals surface area contributed by atoms with Crippen LogP contribution in [0.3, 0.4) is 0 Å². The first-order valence-electron chi connectivity index (χ1n) is 18.3. The summed E-state index contributed by atoms with van der Waals surface area (Å²) in [6.07, 6.45) is 5.07. The Morgan fingerprint density at radius 2 is 1.67 bits per heavy atom. The topological polar surface area (TPSA) is 166 Å². The molecule has 3 aliphatic heterocycles.